The molecule has 0 bridgehead atoms. The van der Waals surface area contributed by atoms with E-state index in [2.05, 4.69) is 0 Å². The van der Waals surface area contributed by atoms with Crippen LogP contribution in [0.1, 0.15) is 29.4 Å². The molecule has 1 N–H and O–H groups in total. The maximum absolute atomic E-state index is 12.3. The Balaban J connectivity index is 0.00000220. The second-order valence-corrected chi connectivity index (χ2v) is 5.87. The summed E-state index contributed by atoms with van der Waals surface area (Å²) < 4.78 is 0. The van der Waals surface area contributed by atoms with E-state index in [1.165, 1.54) is 11.3 Å². The number of thiophene rings is 1. The molecule has 1 saturated heterocycles. The van der Waals surface area contributed by atoms with Crippen molar-refractivity contribution in [3.8, 4) is 0 Å². The van der Waals surface area contributed by atoms with Crippen LogP contribution in [-0.4, -0.2) is 59.0 Å². The van der Waals surface area contributed by atoms with Crippen molar-refractivity contribution in [1.82, 2.24) is 9.80 Å². The summed E-state index contributed by atoms with van der Waals surface area (Å²) in [5.74, 6) is -0.712. The third kappa shape index (κ3) is 4.43. The Labute approximate surface area is 135 Å². The number of amides is 1. The maximum atomic E-state index is 12.3. The highest BCUT2D eigenvalue weighted by molar-refractivity contribution is 7.12. The number of hydrogen-bond acceptors (Lipinski definition) is 4. The lowest BCUT2D eigenvalue weighted by molar-refractivity contribution is -0.143. The zero-order valence-corrected chi connectivity index (χ0v) is 13.7. The van der Waals surface area contributed by atoms with Crippen LogP contribution in [0.4, 0.5) is 0 Å². The molecule has 1 fully saturated rings. The van der Waals surface area contributed by atoms with E-state index < -0.39 is 12.0 Å². The van der Waals surface area contributed by atoms with Gasteiger partial charge in [-0.15, -0.1) is 23.7 Å². The van der Waals surface area contributed by atoms with Gasteiger partial charge in [-0.1, -0.05) is 13.0 Å². The number of rotatable bonds is 4. The molecule has 7 heteroatoms. The fourth-order valence-corrected chi connectivity index (χ4v) is 3.29. The summed E-state index contributed by atoms with van der Waals surface area (Å²) in [7, 11) is 0. The van der Waals surface area contributed by atoms with Crippen LogP contribution in [0.15, 0.2) is 17.5 Å². The summed E-state index contributed by atoms with van der Waals surface area (Å²) >= 11 is 1.45. The van der Waals surface area contributed by atoms with E-state index in [4.69, 9.17) is 0 Å². The number of hydrogen-bond donors (Lipinski definition) is 1. The molecule has 2 heterocycles. The van der Waals surface area contributed by atoms with Crippen molar-refractivity contribution in [2.45, 2.75) is 25.8 Å². The highest BCUT2D eigenvalue weighted by atomic mass is 35.5. The quantitative estimate of drug-likeness (QED) is 0.918. The van der Waals surface area contributed by atoms with Gasteiger partial charge < -0.3 is 10.0 Å². The molecule has 1 aromatic heterocycles. The van der Waals surface area contributed by atoms with E-state index in [0.29, 0.717) is 26.1 Å². The van der Waals surface area contributed by atoms with Gasteiger partial charge in [0.15, 0.2) is 0 Å². The third-order valence-electron chi connectivity index (χ3n) is 3.66. The predicted octanol–water partition coefficient (Wildman–Crippen LogP) is 2.18. The molecule has 0 aromatic carbocycles. The van der Waals surface area contributed by atoms with Crippen molar-refractivity contribution in [3.63, 3.8) is 0 Å². The SMILES string of the molecule is CCC(C(=O)O)N1CCCN(C(=O)c2cccs2)CC1.Cl. The summed E-state index contributed by atoms with van der Waals surface area (Å²) in [5.41, 5.74) is 0. The van der Waals surface area contributed by atoms with Crippen LogP contribution in [-0.2, 0) is 4.79 Å². The second kappa shape index (κ2) is 8.36. The van der Waals surface area contributed by atoms with E-state index in [1.807, 2.05) is 34.2 Å². The van der Waals surface area contributed by atoms with Crippen molar-refractivity contribution in [2.75, 3.05) is 26.2 Å². The van der Waals surface area contributed by atoms with Crippen LogP contribution in [0.25, 0.3) is 0 Å². The fourth-order valence-electron chi connectivity index (χ4n) is 2.60. The van der Waals surface area contributed by atoms with Gasteiger partial charge in [0.1, 0.15) is 6.04 Å². The second-order valence-electron chi connectivity index (χ2n) is 4.92. The van der Waals surface area contributed by atoms with Crippen molar-refractivity contribution in [1.29, 1.82) is 0 Å². The zero-order valence-electron chi connectivity index (χ0n) is 12.0. The molecule has 0 aliphatic carbocycles. The molecule has 118 valence electrons. The standard InChI is InChI=1S/C14H20N2O3S.ClH/c1-2-11(14(18)19)15-6-4-7-16(9-8-15)13(17)12-5-3-10-20-12;/h3,5,10-11H,2,4,6-9H2,1H3,(H,18,19);1H. The summed E-state index contributed by atoms with van der Waals surface area (Å²) in [6.07, 6.45) is 1.41. The third-order valence-corrected chi connectivity index (χ3v) is 4.52. The Hall–Kier alpha value is -1.11. The van der Waals surface area contributed by atoms with Gasteiger partial charge in [0.2, 0.25) is 0 Å². The number of carboxylic acid groups (broad SMARTS) is 1. The highest BCUT2D eigenvalue weighted by Gasteiger charge is 2.27. The van der Waals surface area contributed by atoms with Crippen molar-refractivity contribution in [3.05, 3.63) is 22.4 Å². The molecule has 1 aromatic rings. The smallest absolute Gasteiger partial charge is 0.320 e. The lowest BCUT2D eigenvalue weighted by atomic mass is 10.2. The largest absolute Gasteiger partial charge is 0.480 e. The fraction of sp³-hybridized carbons (Fsp3) is 0.571. The van der Waals surface area contributed by atoms with Gasteiger partial charge in [0.05, 0.1) is 4.88 Å². The van der Waals surface area contributed by atoms with Gasteiger partial charge in [0, 0.05) is 26.2 Å². The van der Waals surface area contributed by atoms with Gasteiger partial charge in [-0.3, -0.25) is 14.5 Å². The average molecular weight is 333 g/mol. The van der Waals surface area contributed by atoms with Crippen LogP contribution in [0.5, 0.6) is 0 Å². The first-order valence-corrected chi connectivity index (χ1v) is 7.81. The minimum atomic E-state index is -0.773. The molecular weight excluding hydrogens is 312 g/mol. The number of carboxylic acids is 1. The molecule has 1 atom stereocenters. The number of nitrogens with zero attached hydrogens (tertiary/aromatic N) is 2. The predicted molar refractivity (Wildman–Crippen MR) is 85.4 cm³/mol. The highest BCUT2D eigenvalue weighted by Crippen LogP contribution is 2.15. The minimum absolute atomic E-state index is 0. The Bertz CT molecular complexity index is 467. The van der Waals surface area contributed by atoms with Crippen LogP contribution >= 0.6 is 23.7 Å². The number of halogens is 1. The number of carbonyl (C=O) groups is 2. The topological polar surface area (TPSA) is 60.9 Å². The summed E-state index contributed by atoms with van der Waals surface area (Å²) in [4.78, 5) is 28.1. The molecule has 2 rings (SSSR count). The first kappa shape index (κ1) is 17.9. The molecular formula is C14H21ClN2O3S. The summed E-state index contributed by atoms with van der Waals surface area (Å²) in [6, 6.07) is 3.27. The van der Waals surface area contributed by atoms with Crippen LogP contribution in [0, 0.1) is 0 Å². The van der Waals surface area contributed by atoms with Gasteiger partial charge in [-0.25, -0.2) is 0 Å². The van der Waals surface area contributed by atoms with Crippen LogP contribution in [0.2, 0.25) is 0 Å². The summed E-state index contributed by atoms with van der Waals surface area (Å²) in [5, 5.41) is 11.1. The van der Waals surface area contributed by atoms with E-state index in [1.54, 1.807) is 0 Å². The normalized spacial score (nSPS) is 17.7. The number of carbonyl (C=O) groups excluding carboxylic acids is 1. The van der Waals surface area contributed by atoms with Gasteiger partial charge >= 0.3 is 5.97 Å². The van der Waals surface area contributed by atoms with Crippen molar-refractivity contribution < 1.29 is 14.7 Å². The Morgan fingerprint density at radius 3 is 2.67 bits per heavy atom. The first-order valence-electron chi connectivity index (χ1n) is 6.93. The van der Waals surface area contributed by atoms with Gasteiger partial charge in [-0.05, 0) is 24.3 Å². The molecule has 1 amide bonds. The van der Waals surface area contributed by atoms with E-state index in [-0.39, 0.29) is 18.3 Å². The Kier molecular flexibility index (Phi) is 7.14. The molecule has 21 heavy (non-hydrogen) atoms. The molecule has 0 radical (unpaired) electrons. The van der Waals surface area contributed by atoms with Crippen LogP contribution in [0.3, 0.4) is 0 Å². The molecule has 0 saturated carbocycles. The maximum Gasteiger partial charge on any atom is 0.320 e. The van der Waals surface area contributed by atoms with Crippen LogP contribution < -0.4 is 0 Å². The Morgan fingerprint density at radius 2 is 2.10 bits per heavy atom. The minimum Gasteiger partial charge on any atom is -0.480 e. The first-order chi connectivity index (χ1) is 9.63. The van der Waals surface area contributed by atoms with E-state index in [0.717, 1.165) is 17.8 Å². The van der Waals surface area contributed by atoms with E-state index >= 15 is 0 Å². The van der Waals surface area contributed by atoms with Crippen molar-refractivity contribution in [2.24, 2.45) is 0 Å². The lowest BCUT2D eigenvalue weighted by Gasteiger charge is -2.26. The lowest BCUT2D eigenvalue weighted by Crippen LogP contribution is -2.43. The molecule has 5 nitrogen and oxygen atoms in total. The molecule has 0 spiro atoms. The Morgan fingerprint density at radius 1 is 1.33 bits per heavy atom. The van der Waals surface area contributed by atoms with E-state index in [9.17, 15) is 14.7 Å². The molecule has 1 aliphatic heterocycles. The molecule has 1 aliphatic rings. The molecule has 1 unspecified atom stereocenters. The zero-order chi connectivity index (χ0) is 14.5. The van der Waals surface area contributed by atoms with Gasteiger partial charge in [0.25, 0.3) is 5.91 Å². The van der Waals surface area contributed by atoms with Crippen molar-refractivity contribution >= 4 is 35.6 Å². The monoisotopic (exact) mass is 332 g/mol. The number of aliphatic carboxylic acids is 1. The van der Waals surface area contributed by atoms with Gasteiger partial charge in [-0.2, -0.15) is 0 Å². The summed E-state index contributed by atoms with van der Waals surface area (Å²) in [6.45, 7) is 4.54. The average Bonchev–Trinajstić information content (AvgIpc) is 2.85.